The molecule has 1 saturated heterocycles. The van der Waals surface area contributed by atoms with Crippen LogP contribution in [0.25, 0.3) is 0 Å². The van der Waals surface area contributed by atoms with E-state index in [9.17, 15) is 9.59 Å². The summed E-state index contributed by atoms with van der Waals surface area (Å²) in [7, 11) is 0. The van der Waals surface area contributed by atoms with E-state index in [0.29, 0.717) is 12.0 Å². The molecule has 0 aromatic heterocycles. The first kappa shape index (κ1) is 14.9. The molecule has 0 bridgehead atoms. The van der Waals surface area contributed by atoms with Gasteiger partial charge in [-0.3, -0.25) is 15.0 Å². The smallest absolute Gasteiger partial charge is 0.318 e. The molecule has 6 nitrogen and oxygen atoms in total. The standard InChI is InChI=1S/C12H24N4O2/c1-3-14-9(2)10-4-6-16(7-5-10)8-11(17)15-12(13)18/h9-10,14H,3-8H2,1-2H3,(H3,13,15,17,18). The van der Waals surface area contributed by atoms with Crippen LogP contribution in [0.5, 0.6) is 0 Å². The quantitative estimate of drug-likeness (QED) is 0.640. The minimum absolute atomic E-state index is 0.255. The number of nitrogens with zero attached hydrogens (tertiary/aromatic N) is 1. The van der Waals surface area contributed by atoms with Crippen molar-refractivity contribution in [3.8, 4) is 0 Å². The van der Waals surface area contributed by atoms with Crippen LogP contribution in [0.3, 0.4) is 0 Å². The third-order valence-electron chi connectivity index (χ3n) is 3.50. The molecule has 1 fully saturated rings. The molecule has 1 atom stereocenters. The van der Waals surface area contributed by atoms with Gasteiger partial charge in [-0.15, -0.1) is 0 Å². The highest BCUT2D eigenvalue weighted by Crippen LogP contribution is 2.20. The van der Waals surface area contributed by atoms with Crippen molar-refractivity contribution >= 4 is 11.9 Å². The van der Waals surface area contributed by atoms with Crippen molar-refractivity contribution in [3.05, 3.63) is 0 Å². The zero-order valence-electron chi connectivity index (χ0n) is 11.2. The maximum atomic E-state index is 11.4. The molecule has 1 unspecified atom stereocenters. The maximum Gasteiger partial charge on any atom is 0.318 e. The number of amides is 3. The lowest BCUT2D eigenvalue weighted by Gasteiger charge is -2.34. The van der Waals surface area contributed by atoms with Gasteiger partial charge in [0.25, 0.3) is 0 Å². The van der Waals surface area contributed by atoms with E-state index < -0.39 is 6.03 Å². The Labute approximate surface area is 108 Å². The summed E-state index contributed by atoms with van der Waals surface area (Å²) in [6.45, 7) is 7.36. The van der Waals surface area contributed by atoms with E-state index in [1.165, 1.54) is 0 Å². The Morgan fingerprint density at radius 2 is 2.00 bits per heavy atom. The van der Waals surface area contributed by atoms with Crippen LogP contribution >= 0.6 is 0 Å². The van der Waals surface area contributed by atoms with Crippen LogP contribution in [-0.2, 0) is 4.79 Å². The summed E-state index contributed by atoms with van der Waals surface area (Å²) in [5, 5.41) is 5.53. The van der Waals surface area contributed by atoms with E-state index in [0.717, 1.165) is 32.5 Å². The van der Waals surface area contributed by atoms with Crippen molar-refractivity contribution in [2.75, 3.05) is 26.2 Å². The summed E-state index contributed by atoms with van der Waals surface area (Å²) in [5.41, 5.74) is 4.90. The molecule has 1 rings (SSSR count). The molecule has 0 aromatic carbocycles. The molecule has 104 valence electrons. The van der Waals surface area contributed by atoms with Crippen LogP contribution in [0.4, 0.5) is 4.79 Å². The van der Waals surface area contributed by atoms with Crippen LogP contribution in [0.1, 0.15) is 26.7 Å². The van der Waals surface area contributed by atoms with Crippen molar-refractivity contribution in [2.24, 2.45) is 11.7 Å². The molecule has 1 aliphatic rings. The van der Waals surface area contributed by atoms with Crippen LogP contribution in [0, 0.1) is 5.92 Å². The molecule has 4 N–H and O–H groups in total. The molecule has 1 heterocycles. The first-order valence-electron chi connectivity index (χ1n) is 6.58. The third kappa shape index (κ3) is 5.01. The topological polar surface area (TPSA) is 87.5 Å². The fraction of sp³-hybridized carbons (Fsp3) is 0.833. The van der Waals surface area contributed by atoms with Crippen molar-refractivity contribution in [2.45, 2.75) is 32.7 Å². The average Bonchev–Trinajstić information content (AvgIpc) is 2.29. The van der Waals surface area contributed by atoms with Crippen molar-refractivity contribution in [1.29, 1.82) is 0 Å². The summed E-state index contributed by atoms with van der Waals surface area (Å²) >= 11 is 0. The molecule has 0 aromatic rings. The van der Waals surface area contributed by atoms with Crippen LogP contribution in [0.2, 0.25) is 0 Å². The number of hydrogen-bond donors (Lipinski definition) is 3. The highest BCUT2D eigenvalue weighted by molar-refractivity contribution is 5.94. The van der Waals surface area contributed by atoms with Crippen LogP contribution in [0.15, 0.2) is 0 Å². The van der Waals surface area contributed by atoms with Gasteiger partial charge in [-0.1, -0.05) is 6.92 Å². The van der Waals surface area contributed by atoms with Gasteiger partial charge in [0, 0.05) is 6.04 Å². The van der Waals surface area contributed by atoms with Gasteiger partial charge in [0.2, 0.25) is 5.91 Å². The van der Waals surface area contributed by atoms with E-state index in [1.807, 2.05) is 0 Å². The largest absolute Gasteiger partial charge is 0.351 e. The first-order chi connectivity index (χ1) is 8.52. The van der Waals surface area contributed by atoms with E-state index in [-0.39, 0.29) is 12.5 Å². The fourth-order valence-corrected chi connectivity index (χ4v) is 2.48. The zero-order valence-corrected chi connectivity index (χ0v) is 11.2. The molecule has 6 heteroatoms. The number of nitrogens with two attached hydrogens (primary N) is 1. The van der Waals surface area contributed by atoms with Gasteiger partial charge in [-0.05, 0) is 45.3 Å². The number of carbonyl (C=O) groups excluding carboxylic acids is 2. The number of imide groups is 1. The Morgan fingerprint density at radius 1 is 1.39 bits per heavy atom. The van der Waals surface area contributed by atoms with Crippen molar-refractivity contribution in [1.82, 2.24) is 15.5 Å². The lowest BCUT2D eigenvalue weighted by atomic mass is 9.90. The predicted molar refractivity (Wildman–Crippen MR) is 70.0 cm³/mol. The lowest BCUT2D eigenvalue weighted by Crippen LogP contribution is -2.47. The van der Waals surface area contributed by atoms with Gasteiger partial charge in [0.15, 0.2) is 0 Å². The highest BCUT2D eigenvalue weighted by atomic mass is 16.2. The minimum atomic E-state index is -0.782. The number of nitrogens with one attached hydrogen (secondary N) is 2. The van der Waals surface area contributed by atoms with Gasteiger partial charge >= 0.3 is 6.03 Å². The lowest BCUT2D eigenvalue weighted by molar-refractivity contribution is -0.121. The summed E-state index contributed by atoms with van der Waals surface area (Å²) in [6.07, 6.45) is 2.16. The van der Waals surface area contributed by atoms with Gasteiger partial charge in [0.05, 0.1) is 6.54 Å². The molecule has 0 radical (unpaired) electrons. The Morgan fingerprint density at radius 3 is 2.50 bits per heavy atom. The Bertz CT molecular complexity index is 288. The second-order valence-corrected chi connectivity index (χ2v) is 4.87. The third-order valence-corrected chi connectivity index (χ3v) is 3.50. The summed E-state index contributed by atoms with van der Waals surface area (Å²) in [4.78, 5) is 24.0. The van der Waals surface area contributed by atoms with Gasteiger partial charge in [-0.25, -0.2) is 4.79 Å². The average molecular weight is 256 g/mol. The second kappa shape index (κ2) is 7.33. The number of carbonyl (C=O) groups is 2. The van der Waals surface area contributed by atoms with E-state index in [2.05, 4.69) is 29.4 Å². The SMILES string of the molecule is CCNC(C)C1CCN(CC(=O)NC(N)=O)CC1. The Balaban J connectivity index is 2.26. The number of likely N-dealkylation sites (tertiary alicyclic amines) is 1. The normalized spacial score (nSPS) is 19.4. The van der Waals surface area contributed by atoms with E-state index in [4.69, 9.17) is 5.73 Å². The molecular weight excluding hydrogens is 232 g/mol. The Kier molecular flexibility index (Phi) is 6.07. The number of primary amides is 1. The summed E-state index contributed by atoms with van der Waals surface area (Å²) in [5.74, 6) is 0.348. The van der Waals surface area contributed by atoms with Gasteiger partial charge < -0.3 is 11.1 Å². The second-order valence-electron chi connectivity index (χ2n) is 4.87. The monoisotopic (exact) mass is 256 g/mol. The number of piperidine rings is 1. The molecule has 0 spiro atoms. The number of urea groups is 1. The van der Waals surface area contributed by atoms with Crippen LogP contribution in [-0.4, -0.2) is 49.1 Å². The number of rotatable bonds is 5. The molecule has 18 heavy (non-hydrogen) atoms. The first-order valence-corrected chi connectivity index (χ1v) is 6.58. The van der Waals surface area contributed by atoms with Crippen LogP contribution < -0.4 is 16.4 Å². The van der Waals surface area contributed by atoms with E-state index >= 15 is 0 Å². The molecule has 0 saturated carbocycles. The molecule has 1 aliphatic heterocycles. The minimum Gasteiger partial charge on any atom is -0.351 e. The summed E-state index contributed by atoms with van der Waals surface area (Å²) in [6, 6.07) is -0.257. The predicted octanol–water partition coefficient (Wildman–Crippen LogP) is -0.109. The fourth-order valence-electron chi connectivity index (χ4n) is 2.48. The van der Waals surface area contributed by atoms with Gasteiger partial charge in [-0.2, -0.15) is 0 Å². The maximum absolute atomic E-state index is 11.4. The van der Waals surface area contributed by atoms with Crippen molar-refractivity contribution < 1.29 is 9.59 Å². The molecular formula is C12H24N4O2. The van der Waals surface area contributed by atoms with E-state index in [1.54, 1.807) is 0 Å². The molecule has 0 aliphatic carbocycles. The molecule has 3 amide bonds. The Hall–Kier alpha value is -1.14. The number of hydrogen-bond acceptors (Lipinski definition) is 4. The van der Waals surface area contributed by atoms with Crippen molar-refractivity contribution in [3.63, 3.8) is 0 Å². The van der Waals surface area contributed by atoms with Gasteiger partial charge in [0.1, 0.15) is 0 Å². The zero-order chi connectivity index (χ0) is 13.5. The summed E-state index contributed by atoms with van der Waals surface area (Å²) < 4.78 is 0. The highest BCUT2D eigenvalue weighted by Gasteiger charge is 2.24.